The highest BCUT2D eigenvalue weighted by Gasteiger charge is 2.33. The van der Waals surface area contributed by atoms with Crippen molar-refractivity contribution in [3.8, 4) is 0 Å². The second kappa shape index (κ2) is 9.08. The van der Waals surface area contributed by atoms with Crippen LogP contribution in [0.15, 0.2) is 5.16 Å². The van der Waals surface area contributed by atoms with E-state index < -0.39 is 0 Å². The molecule has 6 rings (SSSR count). The van der Waals surface area contributed by atoms with Crippen LogP contribution < -0.4 is 10.2 Å². The molecule has 34 heavy (non-hydrogen) atoms. The van der Waals surface area contributed by atoms with Gasteiger partial charge in [0.15, 0.2) is 5.16 Å². The average molecular weight is 500 g/mol. The number of thiophene rings is 1. The lowest BCUT2D eigenvalue weighted by Crippen LogP contribution is -2.39. The van der Waals surface area contributed by atoms with Gasteiger partial charge in [-0.3, -0.25) is 0 Å². The summed E-state index contributed by atoms with van der Waals surface area (Å²) in [7, 11) is 0. The summed E-state index contributed by atoms with van der Waals surface area (Å²) < 4.78 is 13.0. The van der Waals surface area contributed by atoms with Crippen molar-refractivity contribution in [1.29, 1.82) is 0 Å². The minimum absolute atomic E-state index is 0.212. The van der Waals surface area contributed by atoms with Crippen LogP contribution in [0.25, 0.3) is 20.4 Å². The lowest BCUT2D eigenvalue weighted by Gasteiger charge is -2.36. The number of nitrogens with zero attached hydrogens (tertiary/aromatic N) is 4. The highest BCUT2D eigenvalue weighted by atomic mass is 32.2. The van der Waals surface area contributed by atoms with Gasteiger partial charge in [0.2, 0.25) is 0 Å². The third kappa shape index (κ3) is 4.14. The molecule has 0 radical (unpaired) electrons. The number of hydrogen-bond donors (Lipinski definition) is 1. The van der Waals surface area contributed by atoms with Gasteiger partial charge in [-0.2, -0.15) is 0 Å². The predicted octanol–water partition coefficient (Wildman–Crippen LogP) is 5.39. The SMILES string of the molecule is CSc1nc(NC2CCCCC2)c2sc3nc(N4CCOCC4)c4c(c3c2n1)CC(C)(C)OC4. The monoisotopic (exact) mass is 499 g/mol. The summed E-state index contributed by atoms with van der Waals surface area (Å²) in [6.07, 6.45) is 9.27. The molecule has 9 heteroatoms. The normalized spacial score (nSPS) is 21.2. The van der Waals surface area contributed by atoms with E-state index in [1.807, 2.05) is 0 Å². The summed E-state index contributed by atoms with van der Waals surface area (Å²) in [5.41, 5.74) is 3.41. The summed E-state index contributed by atoms with van der Waals surface area (Å²) in [5.74, 6) is 2.05. The van der Waals surface area contributed by atoms with Gasteiger partial charge < -0.3 is 19.7 Å². The number of nitrogens with one attached hydrogen (secondary N) is 1. The maximum atomic E-state index is 6.29. The molecule has 5 heterocycles. The van der Waals surface area contributed by atoms with Crippen LogP contribution in [0, 0.1) is 0 Å². The zero-order chi connectivity index (χ0) is 23.3. The van der Waals surface area contributed by atoms with Crippen LogP contribution in [0.5, 0.6) is 0 Å². The van der Waals surface area contributed by atoms with E-state index in [0.717, 1.165) is 64.6 Å². The molecule has 0 bridgehead atoms. The first kappa shape index (κ1) is 22.8. The van der Waals surface area contributed by atoms with Gasteiger partial charge in [-0.25, -0.2) is 15.0 Å². The fraction of sp³-hybridized carbons (Fsp3) is 0.640. The molecule has 1 N–H and O–H groups in total. The standard InChI is InChI=1S/C25H33N5O2S2/c1-25(2)13-16-17(14-32-25)22(30-9-11-31-12-10-30)29-23-18(16)19-20(34-23)21(28-24(27-19)33-3)26-15-7-5-4-6-8-15/h15H,4-14H2,1-3H3,(H,26,27,28). The Morgan fingerprint density at radius 2 is 1.85 bits per heavy atom. The fourth-order valence-corrected chi connectivity index (χ4v) is 6.96. The zero-order valence-electron chi connectivity index (χ0n) is 20.3. The Morgan fingerprint density at radius 3 is 2.62 bits per heavy atom. The van der Waals surface area contributed by atoms with Crippen molar-refractivity contribution >= 4 is 55.2 Å². The van der Waals surface area contributed by atoms with Gasteiger partial charge in [0.05, 0.1) is 35.6 Å². The minimum atomic E-state index is -0.212. The molecule has 2 fully saturated rings. The first-order valence-corrected chi connectivity index (χ1v) is 14.5. The molecular weight excluding hydrogens is 466 g/mol. The summed E-state index contributed by atoms with van der Waals surface area (Å²) >= 11 is 3.35. The largest absolute Gasteiger partial charge is 0.378 e. The molecule has 1 aliphatic carbocycles. The predicted molar refractivity (Wildman–Crippen MR) is 141 cm³/mol. The second-order valence-electron chi connectivity index (χ2n) is 10.2. The number of ether oxygens (including phenoxy) is 2. The van der Waals surface area contributed by atoms with Crippen LogP contribution in [0.3, 0.4) is 0 Å². The number of morpholine rings is 1. The van der Waals surface area contributed by atoms with Crippen LogP contribution in [0.4, 0.5) is 11.6 Å². The van der Waals surface area contributed by atoms with E-state index in [1.54, 1.807) is 23.1 Å². The van der Waals surface area contributed by atoms with Gasteiger partial charge in [-0.1, -0.05) is 31.0 Å². The average Bonchev–Trinajstić information content (AvgIpc) is 3.23. The molecule has 3 aromatic heterocycles. The first-order chi connectivity index (χ1) is 16.5. The van der Waals surface area contributed by atoms with Crippen molar-refractivity contribution in [2.24, 2.45) is 0 Å². The molecule has 3 aliphatic rings. The van der Waals surface area contributed by atoms with Gasteiger partial charge in [0.25, 0.3) is 0 Å². The Kier molecular flexibility index (Phi) is 6.08. The van der Waals surface area contributed by atoms with Crippen molar-refractivity contribution in [1.82, 2.24) is 15.0 Å². The van der Waals surface area contributed by atoms with Gasteiger partial charge in [-0.05, 0) is 38.5 Å². The Hall–Kier alpha value is -1.68. The third-order valence-corrected chi connectivity index (χ3v) is 8.91. The molecule has 2 aliphatic heterocycles. The first-order valence-electron chi connectivity index (χ1n) is 12.5. The van der Waals surface area contributed by atoms with Gasteiger partial charge in [-0.15, -0.1) is 11.3 Å². The highest BCUT2D eigenvalue weighted by Crippen LogP contribution is 2.45. The number of anilines is 2. The van der Waals surface area contributed by atoms with Crippen LogP contribution in [-0.4, -0.2) is 59.2 Å². The molecule has 7 nitrogen and oxygen atoms in total. The van der Waals surface area contributed by atoms with E-state index in [0.29, 0.717) is 12.6 Å². The van der Waals surface area contributed by atoms with E-state index in [4.69, 9.17) is 24.4 Å². The Labute approximate surface area is 209 Å². The molecule has 0 spiro atoms. The summed E-state index contributed by atoms with van der Waals surface area (Å²) in [5, 5.41) is 5.82. The van der Waals surface area contributed by atoms with E-state index in [1.165, 1.54) is 48.6 Å². The summed E-state index contributed by atoms with van der Waals surface area (Å²) in [6, 6.07) is 0.491. The van der Waals surface area contributed by atoms with Gasteiger partial charge >= 0.3 is 0 Å². The maximum Gasteiger partial charge on any atom is 0.189 e. The molecule has 0 aromatic carbocycles. The molecule has 1 saturated heterocycles. The van der Waals surface area contributed by atoms with Crippen LogP contribution in [-0.2, 0) is 22.5 Å². The molecule has 3 aromatic rings. The summed E-state index contributed by atoms with van der Waals surface area (Å²) in [4.78, 5) is 18.7. The van der Waals surface area contributed by atoms with Crippen molar-refractivity contribution in [2.45, 2.75) is 75.8 Å². The van der Waals surface area contributed by atoms with Crippen LogP contribution in [0.1, 0.15) is 57.1 Å². The van der Waals surface area contributed by atoms with E-state index in [9.17, 15) is 0 Å². The number of fused-ring (bicyclic) bond motifs is 5. The Balaban J connectivity index is 1.56. The number of thioether (sulfide) groups is 1. The van der Waals surface area contributed by atoms with Crippen molar-refractivity contribution in [3.63, 3.8) is 0 Å². The van der Waals surface area contributed by atoms with Crippen LogP contribution in [0.2, 0.25) is 0 Å². The van der Waals surface area contributed by atoms with Crippen LogP contribution >= 0.6 is 23.1 Å². The summed E-state index contributed by atoms with van der Waals surface area (Å²) in [6.45, 7) is 8.17. The number of hydrogen-bond acceptors (Lipinski definition) is 9. The quantitative estimate of drug-likeness (QED) is 0.378. The third-order valence-electron chi connectivity index (χ3n) is 7.29. The van der Waals surface area contributed by atoms with E-state index in [-0.39, 0.29) is 5.60 Å². The van der Waals surface area contributed by atoms with E-state index in [2.05, 4.69) is 30.3 Å². The minimum Gasteiger partial charge on any atom is -0.378 e. The topological polar surface area (TPSA) is 72.4 Å². The highest BCUT2D eigenvalue weighted by molar-refractivity contribution is 7.98. The number of pyridine rings is 1. The smallest absolute Gasteiger partial charge is 0.189 e. The Bertz CT molecular complexity index is 1220. The van der Waals surface area contributed by atoms with Gasteiger partial charge in [0.1, 0.15) is 16.5 Å². The maximum absolute atomic E-state index is 6.29. The second-order valence-corrected chi connectivity index (χ2v) is 12.0. The lowest BCUT2D eigenvalue weighted by molar-refractivity contribution is -0.0396. The zero-order valence-corrected chi connectivity index (χ0v) is 21.9. The lowest BCUT2D eigenvalue weighted by atomic mass is 9.90. The number of rotatable bonds is 4. The molecule has 0 atom stereocenters. The van der Waals surface area contributed by atoms with Crippen molar-refractivity contribution in [3.05, 3.63) is 11.1 Å². The molecule has 0 amide bonds. The molecule has 0 unspecified atom stereocenters. The fourth-order valence-electron chi connectivity index (χ4n) is 5.50. The van der Waals surface area contributed by atoms with E-state index >= 15 is 0 Å². The Morgan fingerprint density at radius 1 is 1.06 bits per heavy atom. The molecule has 182 valence electrons. The van der Waals surface area contributed by atoms with Crippen molar-refractivity contribution < 1.29 is 9.47 Å². The van der Waals surface area contributed by atoms with Crippen molar-refractivity contribution in [2.75, 3.05) is 42.8 Å². The molecular formula is C25H33N5O2S2. The molecule has 1 saturated carbocycles. The number of aromatic nitrogens is 3. The van der Waals surface area contributed by atoms with Gasteiger partial charge in [0, 0.05) is 36.5 Å².